The second-order valence-corrected chi connectivity index (χ2v) is 4.05. The monoisotopic (exact) mass is 249 g/mol. The molecule has 0 bridgehead atoms. The van der Waals surface area contributed by atoms with Crippen molar-refractivity contribution in [3.8, 4) is 17.3 Å². The first-order valence-electron chi connectivity index (χ1n) is 5.70. The van der Waals surface area contributed by atoms with Crippen molar-refractivity contribution in [1.29, 1.82) is 5.26 Å². The fourth-order valence-electron chi connectivity index (χ4n) is 1.88. The van der Waals surface area contributed by atoms with Crippen LogP contribution in [0.2, 0.25) is 0 Å². The molecular weight excluding hydrogens is 241 g/mol. The van der Waals surface area contributed by atoms with Gasteiger partial charge in [0, 0.05) is 5.56 Å². The minimum absolute atomic E-state index is 0.287. The Morgan fingerprint density at radius 1 is 1.05 bits per heavy atom. The van der Waals surface area contributed by atoms with E-state index in [0.717, 1.165) is 5.52 Å². The summed E-state index contributed by atoms with van der Waals surface area (Å²) in [6, 6.07) is 13.6. The number of nitrogens with zero attached hydrogens (tertiary/aromatic N) is 3. The van der Waals surface area contributed by atoms with E-state index < -0.39 is 5.82 Å². The summed E-state index contributed by atoms with van der Waals surface area (Å²) in [4.78, 5) is 8.62. The second kappa shape index (κ2) is 4.46. The number of aromatic nitrogens is 2. The number of halogens is 1. The zero-order chi connectivity index (χ0) is 13.2. The van der Waals surface area contributed by atoms with Gasteiger partial charge in [-0.3, -0.25) is 4.98 Å². The van der Waals surface area contributed by atoms with E-state index in [9.17, 15) is 4.39 Å². The lowest BCUT2D eigenvalue weighted by Crippen LogP contribution is -1.92. The molecule has 3 nitrogen and oxygen atoms in total. The van der Waals surface area contributed by atoms with Gasteiger partial charge in [0.25, 0.3) is 0 Å². The zero-order valence-corrected chi connectivity index (χ0v) is 9.84. The van der Waals surface area contributed by atoms with E-state index in [1.165, 1.54) is 12.3 Å². The Labute approximate surface area is 109 Å². The molecule has 1 heterocycles. The maximum absolute atomic E-state index is 13.9. The molecule has 0 aliphatic rings. The molecule has 0 amide bonds. The summed E-state index contributed by atoms with van der Waals surface area (Å²) in [6.45, 7) is 0. The lowest BCUT2D eigenvalue weighted by Gasteiger charge is -2.04. The van der Waals surface area contributed by atoms with Crippen LogP contribution in [0.25, 0.3) is 22.3 Å². The predicted molar refractivity (Wildman–Crippen MR) is 69.6 cm³/mol. The predicted octanol–water partition coefficient (Wildman–Crippen LogP) is 3.31. The molecule has 0 unspecified atom stereocenters. The van der Waals surface area contributed by atoms with Crippen molar-refractivity contribution in [2.45, 2.75) is 0 Å². The minimum atomic E-state index is -0.469. The van der Waals surface area contributed by atoms with Gasteiger partial charge in [-0.2, -0.15) is 5.26 Å². The van der Waals surface area contributed by atoms with Crippen molar-refractivity contribution in [3.63, 3.8) is 0 Å². The number of hydrogen-bond acceptors (Lipinski definition) is 3. The van der Waals surface area contributed by atoms with Gasteiger partial charge < -0.3 is 0 Å². The third kappa shape index (κ3) is 2.02. The van der Waals surface area contributed by atoms with Gasteiger partial charge in [-0.05, 0) is 30.3 Å². The molecular formula is C15H8FN3. The van der Waals surface area contributed by atoms with E-state index in [-0.39, 0.29) is 5.56 Å². The number of benzene rings is 2. The Balaban J connectivity index is 2.17. The van der Waals surface area contributed by atoms with Crippen LogP contribution in [0.4, 0.5) is 4.39 Å². The van der Waals surface area contributed by atoms with Crippen LogP contribution < -0.4 is 0 Å². The van der Waals surface area contributed by atoms with E-state index in [1.54, 1.807) is 12.1 Å². The highest BCUT2D eigenvalue weighted by Gasteiger charge is 2.08. The van der Waals surface area contributed by atoms with Crippen molar-refractivity contribution < 1.29 is 4.39 Å². The average Bonchev–Trinajstić information content (AvgIpc) is 2.46. The van der Waals surface area contributed by atoms with Gasteiger partial charge in [-0.1, -0.05) is 12.1 Å². The molecule has 0 aliphatic heterocycles. The van der Waals surface area contributed by atoms with Crippen LogP contribution in [-0.2, 0) is 0 Å². The van der Waals surface area contributed by atoms with Gasteiger partial charge in [-0.25, -0.2) is 9.37 Å². The highest BCUT2D eigenvalue weighted by Crippen LogP contribution is 2.22. The second-order valence-electron chi connectivity index (χ2n) is 4.05. The van der Waals surface area contributed by atoms with Crippen molar-refractivity contribution in [2.75, 3.05) is 0 Å². The minimum Gasteiger partial charge on any atom is -0.252 e. The first-order valence-corrected chi connectivity index (χ1v) is 5.70. The molecule has 0 radical (unpaired) electrons. The molecule has 0 fully saturated rings. The summed E-state index contributed by atoms with van der Waals surface area (Å²) < 4.78 is 13.9. The molecule has 0 saturated heterocycles. The maximum Gasteiger partial charge on any atom is 0.133 e. The SMILES string of the molecule is N#Cc1ccc(-c2cnc3ccccc3n2)c(F)c1. The first kappa shape index (κ1) is 11.3. The standard InChI is InChI=1S/C15H8FN3/c16-12-7-10(8-17)5-6-11(12)15-9-18-13-3-1-2-4-14(13)19-15/h1-7,9H. The van der Waals surface area contributed by atoms with Crippen LogP contribution in [0.5, 0.6) is 0 Å². The zero-order valence-electron chi connectivity index (χ0n) is 9.84. The van der Waals surface area contributed by atoms with E-state index >= 15 is 0 Å². The summed E-state index contributed by atoms with van der Waals surface area (Å²) in [7, 11) is 0. The summed E-state index contributed by atoms with van der Waals surface area (Å²) in [5.41, 5.74) is 2.57. The number of hydrogen-bond donors (Lipinski definition) is 0. The fraction of sp³-hybridized carbons (Fsp3) is 0. The molecule has 90 valence electrons. The lowest BCUT2D eigenvalue weighted by atomic mass is 10.1. The van der Waals surface area contributed by atoms with Crippen molar-refractivity contribution >= 4 is 11.0 Å². The smallest absolute Gasteiger partial charge is 0.133 e. The number of nitriles is 1. The summed E-state index contributed by atoms with van der Waals surface area (Å²) in [6.07, 6.45) is 1.53. The van der Waals surface area contributed by atoms with Crippen molar-refractivity contribution in [3.05, 3.63) is 60.0 Å². The largest absolute Gasteiger partial charge is 0.252 e. The molecule has 4 heteroatoms. The highest BCUT2D eigenvalue weighted by molar-refractivity contribution is 5.77. The Morgan fingerprint density at radius 3 is 2.58 bits per heavy atom. The average molecular weight is 249 g/mol. The molecule has 1 aromatic heterocycles. The normalized spacial score (nSPS) is 10.3. The summed E-state index contributed by atoms with van der Waals surface area (Å²) in [5.74, 6) is -0.469. The molecule has 0 saturated carbocycles. The molecule has 19 heavy (non-hydrogen) atoms. The number of fused-ring (bicyclic) bond motifs is 1. The molecule has 2 aromatic carbocycles. The maximum atomic E-state index is 13.9. The van der Waals surface area contributed by atoms with Crippen LogP contribution in [-0.4, -0.2) is 9.97 Å². The molecule has 3 aromatic rings. The van der Waals surface area contributed by atoms with E-state index in [4.69, 9.17) is 5.26 Å². The van der Waals surface area contributed by atoms with Gasteiger partial charge in [0.05, 0.1) is 34.6 Å². The van der Waals surface area contributed by atoms with Crippen LogP contribution in [0, 0.1) is 17.1 Å². The fourth-order valence-corrected chi connectivity index (χ4v) is 1.88. The van der Waals surface area contributed by atoms with Crippen molar-refractivity contribution in [1.82, 2.24) is 9.97 Å². The van der Waals surface area contributed by atoms with E-state index in [2.05, 4.69) is 9.97 Å². The van der Waals surface area contributed by atoms with Gasteiger partial charge >= 0.3 is 0 Å². The highest BCUT2D eigenvalue weighted by atomic mass is 19.1. The van der Waals surface area contributed by atoms with Crippen molar-refractivity contribution in [2.24, 2.45) is 0 Å². The summed E-state index contributed by atoms with van der Waals surface area (Å²) in [5, 5.41) is 8.72. The van der Waals surface area contributed by atoms with Gasteiger partial charge in [0.2, 0.25) is 0 Å². The Kier molecular flexibility index (Phi) is 2.66. The van der Waals surface area contributed by atoms with Gasteiger partial charge in [-0.15, -0.1) is 0 Å². The third-order valence-corrected chi connectivity index (χ3v) is 2.82. The molecule has 0 spiro atoms. The number of para-hydroxylation sites is 2. The van der Waals surface area contributed by atoms with Crippen LogP contribution >= 0.6 is 0 Å². The topological polar surface area (TPSA) is 49.6 Å². The van der Waals surface area contributed by atoms with Crippen LogP contribution in [0.15, 0.2) is 48.7 Å². The lowest BCUT2D eigenvalue weighted by molar-refractivity contribution is 0.630. The third-order valence-electron chi connectivity index (χ3n) is 2.82. The quantitative estimate of drug-likeness (QED) is 0.664. The molecule has 0 aliphatic carbocycles. The van der Waals surface area contributed by atoms with Gasteiger partial charge in [0.15, 0.2) is 0 Å². The van der Waals surface area contributed by atoms with E-state index in [0.29, 0.717) is 16.8 Å². The Hall–Kier alpha value is -2.80. The Bertz CT molecular complexity index is 806. The molecule has 3 rings (SSSR count). The number of rotatable bonds is 1. The first-order chi connectivity index (χ1) is 9.28. The Morgan fingerprint density at radius 2 is 1.84 bits per heavy atom. The molecule has 0 atom stereocenters. The van der Waals surface area contributed by atoms with Crippen LogP contribution in [0.1, 0.15) is 5.56 Å². The van der Waals surface area contributed by atoms with Gasteiger partial charge in [0.1, 0.15) is 5.82 Å². The van der Waals surface area contributed by atoms with Crippen LogP contribution in [0.3, 0.4) is 0 Å². The summed E-state index contributed by atoms with van der Waals surface area (Å²) >= 11 is 0. The van der Waals surface area contributed by atoms with E-state index in [1.807, 2.05) is 30.3 Å². The molecule has 0 N–H and O–H groups in total.